The quantitative estimate of drug-likeness (QED) is 0.806. The molecule has 0 N–H and O–H groups in total. The number of aromatic nitrogens is 2. The molecular weight excluding hydrogens is 288 g/mol. The topological polar surface area (TPSA) is 36.3 Å². The van der Waals surface area contributed by atoms with Crippen LogP contribution in [0, 0.1) is 0 Å². The summed E-state index contributed by atoms with van der Waals surface area (Å²) in [6.45, 7) is 6.87. The first-order valence-electron chi connectivity index (χ1n) is 8.54. The van der Waals surface area contributed by atoms with Gasteiger partial charge in [-0.2, -0.15) is 0 Å². The summed E-state index contributed by atoms with van der Waals surface area (Å²) < 4.78 is 14.3. The molecule has 0 amide bonds. The Hall–Kier alpha value is -1.65. The van der Waals surface area contributed by atoms with Crippen LogP contribution in [0.2, 0.25) is 0 Å². The molecular formula is C19H26N2O2. The van der Waals surface area contributed by atoms with Crippen molar-refractivity contribution in [2.45, 2.75) is 51.4 Å². The fourth-order valence-corrected chi connectivity index (χ4v) is 3.07. The van der Waals surface area contributed by atoms with E-state index in [0.29, 0.717) is 5.92 Å². The molecule has 1 fully saturated rings. The minimum absolute atomic E-state index is 0.537. The first-order valence-corrected chi connectivity index (χ1v) is 8.54. The molecule has 1 aromatic heterocycles. The SMILES string of the molecule is CC(C)c1ccc(C2(CCCn3ccnc3)OCCCO2)cc1. The molecule has 2 heterocycles. The summed E-state index contributed by atoms with van der Waals surface area (Å²) >= 11 is 0. The fourth-order valence-electron chi connectivity index (χ4n) is 3.07. The Bertz CT molecular complexity index is 584. The summed E-state index contributed by atoms with van der Waals surface area (Å²) in [5.41, 5.74) is 2.48. The lowest BCUT2D eigenvalue weighted by molar-refractivity contribution is -0.280. The van der Waals surface area contributed by atoms with Crippen LogP contribution in [-0.4, -0.2) is 22.8 Å². The molecule has 23 heavy (non-hydrogen) atoms. The largest absolute Gasteiger partial charge is 0.346 e. The molecule has 0 unspecified atom stereocenters. The van der Waals surface area contributed by atoms with Gasteiger partial charge in [0.15, 0.2) is 5.79 Å². The van der Waals surface area contributed by atoms with E-state index in [0.717, 1.165) is 44.6 Å². The van der Waals surface area contributed by atoms with Crippen LogP contribution >= 0.6 is 0 Å². The fraction of sp³-hybridized carbons (Fsp3) is 0.526. The van der Waals surface area contributed by atoms with Gasteiger partial charge in [-0.25, -0.2) is 4.98 Å². The number of hydrogen-bond acceptors (Lipinski definition) is 3. The van der Waals surface area contributed by atoms with Crippen LogP contribution in [0.25, 0.3) is 0 Å². The summed E-state index contributed by atoms with van der Waals surface area (Å²) in [5, 5.41) is 0. The van der Waals surface area contributed by atoms with Crippen molar-refractivity contribution in [2.24, 2.45) is 0 Å². The number of aryl methyl sites for hydroxylation is 1. The Morgan fingerprint density at radius 3 is 2.52 bits per heavy atom. The number of nitrogens with zero attached hydrogens (tertiary/aromatic N) is 2. The van der Waals surface area contributed by atoms with Gasteiger partial charge in [0.25, 0.3) is 0 Å². The van der Waals surface area contributed by atoms with Gasteiger partial charge >= 0.3 is 0 Å². The smallest absolute Gasteiger partial charge is 0.194 e. The molecule has 1 aromatic carbocycles. The van der Waals surface area contributed by atoms with Gasteiger partial charge in [-0.1, -0.05) is 38.1 Å². The maximum Gasteiger partial charge on any atom is 0.194 e. The lowest BCUT2D eigenvalue weighted by Crippen LogP contribution is -2.38. The third-order valence-corrected chi connectivity index (χ3v) is 4.46. The van der Waals surface area contributed by atoms with Crippen molar-refractivity contribution >= 4 is 0 Å². The molecule has 0 spiro atoms. The molecule has 1 aliphatic heterocycles. The molecule has 0 radical (unpaired) electrons. The second-order valence-corrected chi connectivity index (χ2v) is 6.48. The highest BCUT2D eigenvalue weighted by Crippen LogP contribution is 2.36. The van der Waals surface area contributed by atoms with Gasteiger partial charge < -0.3 is 14.0 Å². The second-order valence-electron chi connectivity index (χ2n) is 6.48. The minimum atomic E-state index is -0.589. The number of imidazole rings is 1. The zero-order chi connectivity index (χ0) is 16.1. The van der Waals surface area contributed by atoms with Gasteiger partial charge in [0, 0.05) is 30.9 Å². The Morgan fingerprint density at radius 2 is 1.91 bits per heavy atom. The average molecular weight is 314 g/mol. The molecule has 4 nitrogen and oxygen atoms in total. The molecule has 1 saturated heterocycles. The molecule has 0 bridgehead atoms. The van der Waals surface area contributed by atoms with Crippen LogP contribution in [0.15, 0.2) is 43.0 Å². The minimum Gasteiger partial charge on any atom is -0.346 e. The zero-order valence-electron chi connectivity index (χ0n) is 14.1. The lowest BCUT2D eigenvalue weighted by Gasteiger charge is -2.38. The van der Waals surface area contributed by atoms with Gasteiger partial charge in [-0.05, 0) is 24.3 Å². The normalized spacial score (nSPS) is 17.5. The van der Waals surface area contributed by atoms with E-state index in [1.54, 1.807) is 0 Å². The van der Waals surface area contributed by atoms with Crippen molar-refractivity contribution in [1.82, 2.24) is 9.55 Å². The van der Waals surface area contributed by atoms with Crippen LogP contribution in [0.4, 0.5) is 0 Å². The Morgan fingerprint density at radius 1 is 1.17 bits per heavy atom. The van der Waals surface area contributed by atoms with Gasteiger partial charge in [0.2, 0.25) is 0 Å². The monoisotopic (exact) mass is 314 g/mol. The molecule has 0 saturated carbocycles. The number of ether oxygens (including phenoxy) is 2. The van der Waals surface area contributed by atoms with Crippen molar-refractivity contribution in [1.29, 1.82) is 0 Å². The third kappa shape index (κ3) is 3.82. The van der Waals surface area contributed by atoms with Gasteiger partial charge in [0.05, 0.1) is 19.5 Å². The molecule has 3 rings (SSSR count). The number of rotatable bonds is 6. The third-order valence-electron chi connectivity index (χ3n) is 4.46. The van der Waals surface area contributed by atoms with Crippen molar-refractivity contribution in [3.8, 4) is 0 Å². The highest BCUT2D eigenvalue weighted by molar-refractivity contribution is 5.28. The van der Waals surface area contributed by atoms with E-state index in [1.165, 1.54) is 5.56 Å². The van der Waals surface area contributed by atoms with E-state index in [4.69, 9.17) is 9.47 Å². The van der Waals surface area contributed by atoms with E-state index < -0.39 is 5.79 Å². The number of hydrogen-bond donors (Lipinski definition) is 0. The Kier molecular flexibility index (Phi) is 5.13. The first kappa shape index (κ1) is 16.2. The summed E-state index contributed by atoms with van der Waals surface area (Å²) in [7, 11) is 0. The molecule has 2 aromatic rings. The summed E-state index contributed by atoms with van der Waals surface area (Å²) in [6, 6.07) is 8.72. The van der Waals surface area contributed by atoms with Gasteiger partial charge in [0.1, 0.15) is 0 Å². The maximum absolute atomic E-state index is 6.12. The van der Waals surface area contributed by atoms with Crippen LogP contribution in [0.1, 0.15) is 50.2 Å². The van der Waals surface area contributed by atoms with Crippen molar-refractivity contribution in [3.05, 3.63) is 54.1 Å². The average Bonchev–Trinajstić information content (AvgIpc) is 3.09. The maximum atomic E-state index is 6.12. The molecule has 4 heteroatoms. The van der Waals surface area contributed by atoms with Crippen molar-refractivity contribution in [2.75, 3.05) is 13.2 Å². The van der Waals surface area contributed by atoms with E-state index in [9.17, 15) is 0 Å². The van der Waals surface area contributed by atoms with Gasteiger partial charge in [-0.3, -0.25) is 0 Å². The predicted octanol–water partition coefficient (Wildman–Crippen LogP) is 4.08. The lowest BCUT2D eigenvalue weighted by atomic mass is 9.95. The van der Waals surface area contributed by atoms with Crippen LogP contribution in [-0.2, 0) is 21.8 Å². The Balaban J connectivity index is 1.72. The van der Waals surface area contributed by atoms with Crippen molar-refractivity contribution < 1.29 is 9.47 Å². The first-order chi connectivity index (χ1) is 11.2. The summed E-state index contributed by atoms with van der Waals surface area (Å²) in [4.78, 5) is 4.09. The molecule has 124 valence electrons. The van der Waals surface area contributed by atoms with Crippen molar-refractivity contribution in [3.63, 3.8) is 0 Å². The highest BCUT2D eigenvalue weighted by Gasteiger charge is 2.36. The zero-order valence-corrected chi connectivity index (χ0v) is 14.1. The summed E-state index contributed by atoms with van der Waals surface area (Å²) in [6.07, 6.45) is 8.47. The number of benzene rings is 1. The van der Waals surface area contributed by atoms with Crippen LogP contribution in [0.3, 0.4) is 0 Å². The Labute approximate surface area is 138 Å². The summed E-state index contributed by atoms with van der Waals surface area (Å²) in [5.74, 6) is -0.0524. The molecule has 0 aliphatic carbocycles. The van der Waals surface area contributed by atoms with Crippen LogP contribution in [0.5, 0.6) is 0 Å². The second kappa shape index (κ2) is 7.28. The highest BCUT2D eigenvalue weighted by atomic mass is 16.7. The standard InChI is InChI=1S/C19H26N2O2/c1-16(2)17-5-7-18(8-6-17)19(22-13-4-14-23-19)9-3-11-21-12-10-20-15-21/h5-8,10,12,15-16H,3-4,9,11,13-14H2,1-2H3. The van der Waals surface area contributed by atoms with E-state index in [-0.39, 0.29) is 0 Å². The van der Waals surface area contributed by atoms with E-state index >= 15 is 0 Å². The van der Waals surface area contributed by atoms with E-state index in [1.807, 2.05) is 18.7 Å². The van der Waals surface area contributed by atoms with E-state index in [2.05, 4.69) is 47.7 Å². The predicted molar refractivity (Wildman–Crippen MR) is 90.2 cm³/mol. The molecule has 0 atom stereocenters. The molecule has 1 aliphatic rings. The van der Waals surface area contributed by atoms with Gasteiger partial charge in [-0.15, -0.1) is 0 Å². The van der Waals surface area contributed by atoms with Crippen LogP contribution < -0.4 is 0 Å².